The van der Waals surface area contributed by atoms with Crippen molar-refractivity contribution in [3.05, 3.63) is 0 Å². The van der Waals surface area contributed by atoms with Crippen LogP contribution in [0.4, 0.5) is 0 Å². The third-order valence-electron chi connectivity index (χ3n) is 4.13. The minimum Gasteiger partial charge on any atom is -0.385 e. The number of nitrogens with one attached hydrogen (secondary N) is 1. The fourth-order valence-electron chi connectivity index (χ4n) is 3.04. The molecule has 1 N–H and O–H groups in total. The first kappa shape index (κ1) is 16.0. The maximum atomic E-state index is 5.20. The second-order valence-electron chi connectivity index (χ2n) is 6.92. The van der Waals surface area contributed by atoms with Gasteiger partial charge in [0.1, 0.15) is 0 Å². The van der Waals surface area contributed by atoms with Gasteiger partial charge in [0.05, 0.1) is 0 Å². The van der Waals surface area contributed by atoms with Crippen molar-refractivity contribution in [2.75, 3.05) is 20.3 Å². The summed E-state index contributed by atoms with van der Waals surface area (Å²) in [6.07, 6.45) is 9.73. The molecule has 2 heteroatoms. The largest absolute Gasteiger partial charge is 0.385 e. The van der Waals surface area contributed by atoms with Crippen LogP contribution in [-0.4, -0.2) is 25.8 Å². The predicted molar refractivity (Wildman–Crippen MR) is 78.9 cm³/mol. The summed E-state index contributed by atoms with van der Waals surface area (Å²) in [7, 11) is 1.81. The summed E-state index contributed by atoms with van der Waals surface area (Å²) in [5.41, 5.74) is 0.253. The fourth-order valence-corrected chi connectivity index (χ4v) is 3.04. The standard InChI is InChI=1S/C16H33NO/c1-16(2,3)17-13-15-10-7-5-6-9-14(15)11-8-12-18-4/h14-15,17H,5-13H2,1-4H3. The van der Waals surface area contributed by atoms with Crippen molar-refractivity contribution in [3.63, 3.8) is 0 Å². The van der Waals surface area contributed by atoms with Crippen LogP contribution in [0.1, 0.15) is 65.7 Å². The van der Waals surface area contributed by atoms with Crippen molar-refractivity contribution in [1.82, 2.24) is 5.32 Å². The highest BCUT2D eigenvalue weighted by atomic mass is 16.5. The number of ether oxygens (including phenoxy) is 1. The van der Waals surface area contributed by atoms with E-state index in [9.17, 15) is 0 Å². The van der Waals surface area contributed by atoms with E-state index in [4.69, 9.17) is 4.74 Å². The van der Waals surface area contributed by atoms with E-state index in [-0.39, 0.29) is 5.54 Å². The summed E-state index contributed by atoms with van der Waals surface area (Å²) in [5.74, 6) is 1.79. The van der Waals surface area contributed by atoms with Gasteiger partial charge in [-0.3, -0.25) is 0 Å². The van der Waals surface area contributed by atoms with Crippen LogP contribution < -0.4 is 5.32 Å². The van der Waals surface area contributed by atoms with Gasteiger partial charge in [0.25, 0.3) is 0 Å². The fraction of sp³-hybridized carbons (Fsp3) is 1.00. The zero-order valence-electron chi connectivity index (χ0n) is 12.9. The van der Waals surface area contributed by atoms with Crippen LogP contribution in [0.25, 0.3) is 0 Å². The van der Waals surface area contributed by atoms with Crippen LogP contribution in [0, 0.1) is 11.8 Å². The summed E-state index contributed by atoms with van der Waals surface area (Å²) < 4.78 is 5.20. The molecule has 0 aromatic heterocycles. The van der Waals surface area contributed by atoms with E-state index < -0.39 is 0 Å². The Morgan fingerprint density at radius 1 is 1.06 bits per heavy atom. The maximum Gasteiger partial charge on any atom is 0.0462 e. The van der Waals surface area contributed by atoms with Crippen LogP contribution in [0.3, 0.4) is 0 Å². The van der Waals surface area contributed by atoms with Crippen LogP contribution >= 0.6 is 0 Å². The Hall–Kier alpha value is -0.0800. The van der Waals surface area contributed by atoms with Crippen LogP contribution in [0.2, 0.25) is 0 Å². The lowest BCUT2D eigenvalue weighted by Crippen LogP contribution is -2.40. The van der Waals surface area contributed by atoms with Crippen molar-refractivity contribution in [3.8, 4) is 0 Å². The van der Waals surface area contributed by atoms with Crippen molar-refractivity contribution in [2.24, 2.45) is 11.8 Å². The zero-order valence-corrected chi connectivity index (χ0v) is 12.9. The average Bonchev–Trinajstić information content (AvgIpc) is 2.51. The Labute approximate surface area is 114 Å². The van der Waals surface area contributed by atoms with Gasteiger partial charge in [-0.25, -0.2) is 0 Å². The van der Waals surface area contributed by atoms with Gasteiger partial charge in [-0.05, 0) is 58.4 Å². The molecule has 0 aliphatic heterocycles. The van der Waals surface area contributed by atoms with E-state index in [1.54, 1.807) is 0 Å². The third-order valence-corrected chi connectivity index (χ3v) is 4.13. The molecule has 0 amide bonds. The Bertz CT molecular complexity index is 210. The van der Waals surface area contributed by atoms with Gasteiger partial charge in [0, 0.05) is 19.3 Å². The second-order valence-corrected chi connectivity index (χ2v) is 6.92. The molecule has 0 spiro atoms. The number of rotatable bonds is 6. The van der Waals surface area contributed by atoms with E-state index >= 15 is 0 Å². The molecule has 2 nitrogen and oxygen atoms in total. The molecule has 1 saturated carbocycles. The topological polar surface area (TPSA) is 21.3 Å². The number of hydrogen-bond donors (Lipinski definition) is 1. The minimum atomic E-state index is 0.253. The van der Waals surface area contributed by atoms with Crippen molar-refractivity contribution >= 4 is 0 Å². The van der Waals surface area contributed by atoms with Crippen molar-refractivity contribution in [1.29, 1.82) is 0 Å². The quantitative estimate of drug-likeness (QED) is 0.572. The normalized spacial score (nSPS) is 26.0. The molecule has 18 heavy (non-hydrogen) atoms. The SMILES string of the molecule is COCCCC1CCCCCC1CNC(C)(C)C. The lowest BCUT2D eigenvalue weighted by Gasteiger charge is -2.29. The highest BCUT2D eigenvalue weighted by molar-refractivity contribution is 4.79. The number of hydrogen-bond acceptors (Lipinski definition) is 2. The molecule has 0 saturated heterocycles. The summed E-state index contributed by atoms with van der Waals surface area (Å²) in [4.78, 5) is 0. The summed E-state index contributed by atoms with van der Waals surface area (Å²) in [5, 5.41) is 3.71. The predicted octanol–water partition coefficient (Wildman–Crippen LogP) is 4.00. The molecule has 0 heterocycles. The van der Waals surface area contributed by atoms with E-state index in [0.29, 0.717) is 0 Å². The molecule has 0 bridgehead atoms. The maximum absolute atomic E-state index is 5.20. The monoisotopic (exact) mass is 255 g/mol. The first-order valence-electron chi connectivity index (χ1n) is 7.77. The van der Waals surface area contributed by atoms with Gasteiger partial charge in [-0.15, -0.1) is 0 Å². The smallest absolute Gasteiger partial charge is 0.0462 e. The Morgan fingerprint density at radius 3 is 2.33 bits per heavy atom. The lowest BCUT2D eigenvalue weighted by molar-refractivity contribution is 0.174. The van der Waals surface area contributed by atoms with E-state index in [0.717, 1.165) is 18.4 Å². The molecule has 2 unspecified atom stereocenters. The van der Waals surface area contributed by atoms with Gasteiger partial charge in [-0.1, -0.05) is 25.7 Å². The first-order chi connectivity index (χ1) is 8.53. The van der Waals surface area contributed by atoms with Gasteiger partial charge in [0.2, 0.25) is 0 Å². The molecule has 0 aromatic rings. The Morgan fingerprint density at radius 2 is 1.72 bits per heavy atom. The van der Waals surface area contributed by atoms with Gasteiger partial charge in [-0.2, -0.15) is 0 Å². The summed E-state index contributed by atoms with van der Waals surface area (Å²) in [6.45, 7) is 8.92. The first-order valence-corrected chi connectivity index (χ1v) is 7.77. The Balaban J connectivity index is 2.41. The second kappa shape index (κ2) is 8.16. The molecular weight excluding hydrogens is 222 g/mol. The van der Waals surface area contributed by atoms with Crippen molar-refractivity contribution < 1.29 is 4.74 Å². The molecule has 2 atom stereocenters. The molecule has 0 aromatic carbocycles. The molecule has 108 valence electrons. The summed E-state index contributed by atoms with van der Waals surface area (Å²) >= 11 is 0. The molecule has 1 rings (SSSR count). The molecular formula is C16H33NO. The van der Waals surface area contributed by atoms with E-state index in [2.05, 4.69) is 26.1 Å². The van der Waals surface area contributed by atoms with Crippen LogP contribution in [0.15, 0.2) is 0 Å². The van der Waals surface area contributed by atoms with Crippen LogP contribution in [0.5, 0.6) is 0 Å². The van der Waals surface area contributed by atoms with Gasteiger partial charge < -0.3 is 10.1 Å². The molecule has 1 aliphatic rings. The van der Waals surface area contributed by atoms with Gasteiger partial charge >= 0.3 is 0 Å². The van der Waals surface area contributed by atoms with Gasteiger partial charge in [0.15, 0.2) is 0 Å². The Kier molecular flexibility index (Phi) is 7.25. The third kappa shape index (κ3) is 6.75. The highest BCUT2D eigenvalue weighted by Crippen LogP contribution is 2.32. The highest BCUT2D eigenvalue weighted by Gasteiger charge is 2.24. The van der Waals surface area contributed by atoms with E-state index in [1.807, 2.05) is 7.11 Å². The average molecular weight is 255 g/mol. The minimum absolute atomic E-state index is 0.253. The lowest BCUT2D eigenvalue weighted by atomic mass is 9.84. The van der Waals surface area contributed by atoms with Crippen molar-refractivity contribution in [2.45, 2.75) is 71.3 Å². The van der Waals surface area contributed by atoms with Crippen LogP contribution in [-0.2, 0) is 4.74 Å². The number of methoxy groups -OCH3 is 1. The molecule has 1 aliphatic carbocycles. The molecule has 1 fully saturated rings. The van der Waals surface area contributed by atoms with E-state index in [1.165, 1.54) is 51.5 Å². The zero-order chi connectivity index (χ0) is 13.4. The summed E-state index contributed by atoms with van der Waals surface area (Å²) in [6, 6.07) is 0. The molecule has 0 radical (unpaired) electrons.